The monoisotopic (exact) mass is 299 g/mol. The van der Waals surface area contributed by atoms with E-state index in [1.807, 2.05) is 20.2 Å². The third-order valence-electron chi connectivity index (χ3n) is 3.56. The van der Waals surface area contributed by atoms with Crippen molar-refractivity contribution in [2.24, 2.45) is 5.73 Å². The van der Waals surface area contributed by atoms with E-state index in [1.54, 1.807) is 12.1 Å². The Bertz CT molecular complexity index is 410. The Kier molecular flexibility index (Phi) is 7.78. The highest BCUT2D eigenvalue weighted by Crippen LogP contribution is 2.25. The Morgan fingerprint density at radius 1 is 1.10 bits per heavy atom. The number of alkyl halides is 2. The van der Waals surface area contributed by atoms with Crippen molar-refractivity contribution in [2.45, 2.75) is 25.8 Å². The van der Waals surface area contributed by atoms with Crippen LogP contribution in [0.4, 0.5) is 8.78 Å². The van der Waals surface area contributed by atoms with Crippen LogP contribution >= 0.6 is 0 Å². The van der Waals surface area contributed by atoms with E-state index in [0.29, 0.717) is 6.54 Å². The lowest BCUT2D eigenvalue weighted by molar-refractivity contribution is 0.150. The predicted molar refractivity (Wildman–Crippen MR) is 83.6 cm³/mol. The Balaban J connectivity index is 2.93. The molecule has 0 bridgehead atoms. The number of nitrogens with two attached hydrogens (primary N) is 1. The molecule has 0 spiro atoms. The van der Waals surface area contributed by atoms with Gasteiger partial charge in [-0.25, -0.2) is 8.78 Å². The number of likely N-dealkylation sites (N-methyl/N-ethyl adjacent to an activating group) is 1. The van der Waals surface area contributed by atoms with Crippen LogP contribution in [-0.4, -0.2) is 50.1 Å². The lowest BCUT2D eigenvalue weighted by Crippen LogP contribution is -2.38. The van der Waals surface area contributed by atoms with Crippen molar-refractivity contribution in [2.75, 3.05) is 40.3 Å². The molecule has 21 heavy (non-hydrogen) atoms. The zero-order valence-electron chi connectivity index (χ0n) is 13.2. The molecule has 1 atom stereocenters. The summed E-state index contributed by atoms with van der Waals surface area (Å²) in [6.45, 7) is 5.26. The maximum atomic E-state index is 12.9. The molecular formula is C16H27F2N3. The first-order chi connectivity index (χ1) is 9.99. The third kappa shape index (κ3) is 5.69. The van der Waals surface area contributed by atoms with Crippen molar-refractivity contribution in [1.29, 1.82) is 0 Å². The second kappa shape index (κ2) is 9.07. The molecule has 0 saturated heterocycles. The summed E-state index contributed by atoms with van der Waals surface area (Å²) >= 11 is 0. The predicted octanol–water partition coefficient (Wildman–Crippen LogP) is 2.90. The molecule has 1 rings (SSSR count). The van der Waals surface area contributed by atoms with Crippen molar-refractivity contribution in [3.63, 3.8) is 0 Å². The zero-order chi connectivity index (χ0) is 15.8. The Hall–Kier alpha value is -1.04. The molecule has 1 aromatic rings. The number of hydrogen-bond donors (Lipinski definition) is 1. The molecule has 0 aliphatic heterocycles. The van der Waals surface area contributed by atoms with Gasteiger partial charge in [-0.1, -0.05) is 25.1 Å². The van der Waals surface area contributed by atoms with Crippen LogP contribution in [0, 0.1) is 0 Å². The average molecular weight is 299 g/mol. The standard InChI is InChI=1S/C16H27F2N3/c1-4-8-21(10-9-20(2)3)15(12-19)13-6-5-7-14(11-13)16(17)18/h5-7,11,15-16H,4,8-10,12,19H2,1-3H3. The van der Waals surface area contributed by atoms with Gasteiger partial charge in [0.2, 0.25) is 0 Å². The lowest BCUT2D eigenvalue weighted by atomic mass is 10.0. The van der Waals surface area contributed by atoms with Crippen LogP contribution in [0.25, 0.3) is 0 Å². The van der Waals surface area contributed by atoms with Gasteiger partial charge in [0.25, 0.3) is 6.43 Å². The minimum Gasteiger partial charge on any atom is -0.329 e. The van der Waals surface area contributed by atoms with E-state index >= 15 is 0 Å². The summed E-state index contributed by atoms with van der Waals surface area (Å²) in [7, 11) is 4.05. The van der Waals surface area contributed by atoms with Crippen molar-refractivity contribution >= 4 is 0 Å². The molecule has 3 nitrogen and oxygen atoms in total. The van der Waals surface area contributed by atoms with Crippen LogP contribution in [-0.2, 0) is 0 Å². The molecule has 1 aromatic carbocycles. The number of rotatable bonds is 9. The first kappa shape index (κ1) is 18.0. The van der Waals surface area contributed by atoms with Gasteiger partial charge in [0.05, 0.1) is 0 Å². The summed E-state index contributed by atoms with van der Waals surface area (Å²) in [4.78, 5) is 4.40. The SMILES string of the molecule is CCCN(CCN(C)C)C(CN)c1cccc(C(F)F)c1. The molecular weight excluding hydrogens is 272 g/mol. The Morgan fingerprint density at radius 2 is 1.76 bits per heavy atom. The van der Waals surface area contributed by atoms with E-state index in [9.17, 15) is 8.78 Å². The van der Waals surface area contributed by atoms with Crippen LogP contribution in [0.5, 0.6) is 0 Å². The summed E-state index contributed by atoms with van der Waals surface area (Å²) in [5.74, 6) is 0. The fourth-order valence-electron chi connectivity index (χ4n) is 2.44. The van der Waals surface area contributed by atoms with Crippen molar-refractivity contribution < 1.29 is 8.78 Å². The molecule has 0 aromatic heterocycles. The smallest absolute Gasteiger partial charge is 0.263 e. The maximum Gasteiger partial charge on any atom is 0.263 e. The number of halogens is 2. The first-order valence-electron chi connectivity index (χ1n) is 7.46. The van der Waals surface area contributed by atoms with E-state index < -0.39 is 6.43 Å². The highest BCUT2D eigenvalue weighted by Gasteiger charge is 2.19. The van der Waals surface area contributed by atoms with Crippen LogP contribution in [0.1, 0.15) is 36.9 Å². The second-order valence-electron chi connectivity index (χ2n) is 5.56. The molecule has 0 heterocycles. The molecule has 2 N–H and O–H groups in total. The largest absolute Gasteiger partial charge is 0.329 e. The maximum absolute atomic E-state index is 12.9. The Labute approximate surface area is 126 Å². The minimum absolute atomic E-state index is 0.0106. The molecule has 0 saturated carbocycles. The second-order valence-corrected chi connectivity index (χ2v) is 5.56. The fourth-order valence-corrected chi connectivity index (χ4v) is 2.44. The topological polar surface area (TPSA) is 32.5 Å². The number of benzene rings is 1. The lowest BCUT2D eigenvalue weighted by Gasteiger charge is -2.32. The molecule has 0 radical (unpaired) electrons. The molecule has 5 heteroatoms. The van der Waals surface area contributed by atoms with Gasteiger partial charge in [0, 0.05) is 31.2 Å². The van der Waals surface area contributed by atoms with E-state index in [4.69, 9.17) is 5.73 Å². The molecule has 0 aliphatic rings. The normalized spacial score (nSPS) is 13.4. The fraction of sp³-hybridized carbons (Fsp3) is 0.625. The van der Waals surface area contributed by atoms with E-state index in [1.165, 1.54) is 6.07 Å². The van der Waals surface area contributed by atoms with Crippen LogP contribution in [0.3, 0.4) is 0 Å². The Morgan fingerprint density at radius 3 is 2.29 bits per heavy atom. The van der Waals surface area contributed by atoms with Gasteiger partial charge in [-0.15, -0.1) is 0 Å². The zero-order valence-corrected chi connectivity index (χ0v) is 13.2. The van der Waals surface area contributed by atoms with E-state index in [2.05, 4.69) is 16.7 Å². The van der Waals surface area contributed by atoms with Gasteiger partial charge in [-0.2, -0.15) is 0 Å². The summed E-state index contributed by atoms with van der Waals surface area (Å²) in [5, 5.41) is 0. The minimum atomic E-state index is -2.44. The van der Waals surface area contributed by atoms with E-state index in [-0.39, 0.29) is 11.6 Å². The highest BCUT2D eigenvalue weighted by atomic mass is 19.3. The third-order valence-corrected chi connectivity index (χ3v) is 3.56. The van der Waals surface area contributed by atoms with Crippen molar-refractivity contribution in [1.82, 2.24) is 9.80 Å². The summed E-state index contributed by atoms with van der Waals surface area (Å²) in [6.07, 6.45) is -1.43. The molecule has 0 fully saturated rings. The van der Waals surface area contributed by atoms with Gasteiger partial charge in [-0.3, -0.25) is 4.90 Å². The average Bonchev–Trinajstić information content (AvgIpc) is 2.45. The van der Waals surface area contributed by atoms with Crippen LogP contribution < -0.4 is 5.73 Å². The molecule has 0 aliphatic carbocycles. The molecule has 1 unspecified atom stereocenters. The van der Waals surface area contributed by atoms with Crippen molar-refractivity contribution in [3.05, 3.63) is 35.4 Å². The quantitative estimate of drug-likeness (QED) is 0.761. The summed E-state index contributed by atoms with van der Waals surface area (Å²) in [6, 6.07) is 6.62. The van der Waals surface area contributed by atoms with Gasteiger partial charge in [0.1, 0.15) is 0 Å². The molecule has 0 amide bonds. The van der Waals surface area contributed by atoms with Crippen LogP contribution in [0.15, 0.2) is 24.3 Å². The molecule has 120 valence electrons. The number of hydrogen-bond acceptors (Lipinski definition) is 3. The highest BCUT2D eigenvalue weighted by molar-refractivity contribution is 5.27. The van der Waals surface area contributed by atoms with Gasteiger partial charge in [-0.05, 0) is 38.7 Å². The van der Waals surface area contributed by atoms with Crippen molar-refractivity contribution in [3.8, 4) is 0 Å². The summed E-state index contributed by atoms with van der Waals surface area (Å²) < 4.78 is 25.7. The van der Waals surface area contributed by atoms with E-state index in [0.717, 1.165) is 31.6 Å². The van der Waals surface area contributed by atoms with Crippen LogP contribution in [0.2, 0.25) is 0 Å². The first-order valence-corrected chi connectivity index (χ1v) is 7.46. The van der Waals surface area contributed by atoms with Gasteiger partial charge >= 0.3 is 0 Å². The number of nitrogens with zero attached hydrogens (tertiary/aromatic N) is 2. The van der Waals surface area contributed by atoms with Gasteiger partial charge < -0.3 is 10.6 Å². The summed E-state index contributed by atoms with van der Waals surface area (Å²) in [5.41, 5.74) is 6.87. The van der Waals surface area contributed by atoms with Gasteiger partial charge in [0.15, 0.2) is 0 Å².